The van der Waals surface area contributed by atoms with E-state index < -0.39 is 6.23 Å². The summed E-state index contributed by atoms with van der Waals surface area (Å²) in [6.45, 7) is 11.0. The average Bonchev–Trinajstić information content (AvgIpc) is 3.31. The van der Waals surface area contributed by atoms with Gasteiger partial charge in [0.2, 0.25) is 0 Å². The number of nitrogens with zero attached hydrogens (tertiary/aromatic N) is 6. The van der Waals surface area contributed by atoms with Crippen LogP contribution in [0.25, 0.3) is 16.5 Å². The molecule has 166 valence electrons. The lowest BCUT2D eigenvalue weighted by Gasteiger charge is -2.29. The third kappa shape index (κ3) is 4.87. The molecule has 3 aromatic rings. The maximum atomic E-state index is 11.3. The molecule has 0 bridgehead atoms. The highest BCUT2D eigenvalue weighted by Gasteiger charge is 2.34. The van der Waals surface area contributed by atoms with E-state index >= 15 is 0 Å². The topological polar surface area (TPSA) is 70.3 Å². The second-order valence-corrected chi connectivity index (χ2v) is 8.87. The fourth-order valence-electron chi connectivity index (χ4n) is 3.97. The van der Waals surface area contributed by atoms with Gasteiger partial charge < -0.3 is 10.0 Å². The van der Waals surface area contributed by atoms with Crippen molar-refractivity contribution in [1.82, 2.24) is 29.5 Å². The first kappa shape index (κ1) is 22.1. The normalized spacial score (nSPS) is 15.2. The van der Waals surface area contributed by atoms with Crippen LogP contribution in [0.15, 0.2) is 36.0 Å². The van der Waals surface area contributed by atoms with Crippen molar-refractivity contribution >= 4 is 11.3 Å². The molecule has 0 aromatic carbocycles. The van der Waals surface area contributed by atoms with Crippen LogP contribution in [0, 0.1) is 0 Å². The molecule has 0 saturated heterocycles. The zero-order valence-electron chi connectivity index (χ0n) is 18.6. The number of aliphatic hydroxyl groups is 1. The molecule has 0 aliphatic heterocycles. The van der Waals surface area contributed by atoms with E-state index in [1.54, 1.807) is 23.7 Å². The smallest absolute Gasteiger partial charge is 0.251 e. The lowest BCUT2D eigenvalue weighted by molar-refractivity contribution is -0.000431. The zero-order chi connectivity index (χ0) is 21.8. The van der Waals surface area contributed by atoms with Crippen LogP contribution in [0.4, 0.5) is 0 Å². The maximum absolute atomic E-state index is 11.3. The van der Waals surface area contributed by atoms with E-state index in [9.17, 15) is 5.11 Å². The Kier molecular flexibility index (Phi) is 7.12. The Labute approximate surface area is 188 Å². The molecule has 1 aliphatic carbocycles. The van der Waals surface area contributed by atoms with Crippen LogP contribution in [-0.4, -0.2) is 67.4 Å². The molecular formula is C23H32N6OS. The van der Waals surface area contributed by atoms with Gasteiger partial charge in [0, 0.05) is 30.8 Å². The van der Waals surface area contributed by atoms with E-state index in [0.29, 0.717) is 11.9 Å². The summed E-state index contributed by atoms with van der Waals surface area (Å²) in [6.07, 6.45) is 5.14. The summed E-state index contributed by atoms with van der Waals surface area (Å²) in [6, 6.07) is 6.01. The highest BCUT2D eigenvalue weighted by Crippen LogP contribution is 2.44. The number of aliphatic hydroxyl groups excluding tert-OH is 1. The van der Waals surface area contributed by atoms with Gasteiger partial charge in [-0.05, 0) is 50.0 Å². The number of hydrogen-bond acceptors (Lipinski definition) is 7. The molecular weight excluding hydrogens is 408 g/mol. The van der Waals surface area contributed by atoms with E-state index in [-0.39, 0.29) is 0 Å². The van der Waals surface area contributed by atoms with Crippen molar-refractivity contribution in [2.45, 2.75) is 45.8 Å². The highest BCUT2D eigenvalue weighted by molar-refractivity contribution is 7.13. The Morgan fingerprint density at radius 1 is 1.16 bits per heavy atom. The first-order chi connectivity index (χ1) is 15.2. The van der Waals surface area contributed by atoms with E-state index in [1.807, 2.05) is 22.2 Å². The van der Waals surface area contributed by atoms with Crippen LogP contribution in [-0.2, 0) is 0 Å². The number of likely N-dealkylation sites (N-methyl/N-ethyl adjacent to an activating group) is 2. The van der Waals surface area contributed by atoms with Gasteiger partial charge in [-0.25, -0.2) is 14.6 Å². The Bertz CT molecular complexity index is 964. The van der Waals surface area contributed by atoms with E-state index in [0.717, 1.165) is 67.4 Å². The van der Waals surface area contributed by atoms with E-state index in [4.69, 9.17) is 4.98 Å². The molecule has 0 amide bonds. The standard InChI is InChI=1S/C23H32N6OS/c1-4-27(5-2)13-14-28(6-3)22(30)18-16-25-29(21(18)17-9-10-17)23-24-12-11-19(26-23)20-8-7-15-31-20/h7-8,11-12,15-17,22,30H,4-6,9-10,13-14H2,1-3H3. The van der Waals surface area contributed by atoms with Crippen molar-refractivity contribution < 1.29 is 5.11 Å². The van der Waals surface area contributed by atoms with Gasteiger partial charge in [0.15, 0.2) is 0 Å². The first-order valence-corrected chi connectivity index (χ1v) is 12.1. The monoisotopic (exact) mass is 440 g/mol. The van der Waals surface area contributed by atoms with Crippen LogP contribution >= 0.6 is 11.3 Å². The van der Waals surface area contributed by atoms with Crippen LogP contribution in [0.5, 0.6) is 0 Å². The predicted octanol–water partition coefficient (Wildman–Crippen LogP) is 3.92. The quantitative estimate of drug-likeness (QED) is 0.456. The first-order valence-electron chi connectivity index (χ1n) is 11.3. The van der Waals surface area contributed by atoms with Gasteiger partial charge in [0.05, 0.1) is 22.5 Å². The fraction of sp³-hybridized carbons (Fsp3) is 0.522. The minimum atomic E-state index is -0.676. The molecule has 1 N–H and O–H groups in total. The highest BCUT2D eigenvalue weighted by atomic mass is 32.1. The van der Waals surface area contributed by atoms with E-state index in [2.05, 4.69) is 46.7 Å². The second kappa shape index (κ2) is 9.99. The van der Waals surface area contributed by atoms with Crippen LogP contribution < -0.4 is 0 Å². The molecule has 1 aliphatic rings. The lowest BCUT2D eigenvalue weighted by atomic mass is 10.1. The summed E-state index contributed by atoms with van der Waals surface area (Å²) in [5.41, 5.74) is 2.83. The van der Waals surface area contributed by atoms with Crippen molar-refractivity contribution in [1.29, 1.82) is 0 Å². The van der Waals surface area contributed by atoms with Gasteiger partial charge >= 0.3 is 0 Å². The fourth-order valence-corrected chi connectivity index (χ4v) is 4.66. The lowest BCUT2D eigenvalue weighted by Crippen LogP contribution is -2.37. The summed E-state index contributed by atoms with van der Waals surface area (Å²) >= 11 is 1.66. The van der Waals surface area contributed by atoms with Gasteiger partial charge in [-0.2, -0.15) is 5.10 Å². The molecule has 7 nitrogen and oxygen atoms in total. The van der Waals surface area contributed by atoms with Crippen molar-refractivity contribution in [2.75, 3.05) is 32.7 Å². The Morgan fingerprint density at radius 3 is 2.61 bits per heavy atom. The molecule has 8 heteroatoms. The molecule has 3 heterocycles. The Hall–Kier alpha value is -2.13. The Balaban J connectivity index is 1.61. The summed E-state index contributed by atoms with van der Waals surface area (Å²) in [4.78, 5) is 14.9. The van der Waals surface area contributed by atoms with Gasteiger partial charge in [-0.15, -0.1) is 11.3 Å². The molecule has 3 aromatic heterocycles. The molecule has 31 heavy (non-hydrogen) atoms. The Morgan fingerprint density at radius 2 is 1.97 bits per heavy atom. The molecule has 0 radical (unpaired) electrons. The van der Waals surface area contributed by atoms with Gasteiger partial charge in [-0.3, -0.25) is 4.90 Å². The maximum Gasteiger partial charge on any atom is 0.251 e. The average molecular weight is 441 g/mol. The number of hydrogen-bond donors (Lipinski definition) is 1. The van der Waals surface area contributed by atoms with Crippen LogP contribution in [0.1, 0.15) is 57.0 Å². The molecule has 1 fully saturated rings. The second-order valence-electron chi connectivity index (χ2n) is 7.92. The summed E-state index contributed by atoms with van der Waals surface area (Å²) in [5.74, 6) is 0.972. The van der Waals surface area contributed by atoms with Crippen molar-refractivity contribution in [2.24, 2.45) is 0 Å². The van der Waals surface area contributed by atoms with Crippen LogP contribution in [0.2, 0.25) is 0 Å². The van der Waals surface area contributed by atoms with Crippen molar-refractivity contribution in [3.8, 4) is 16.5 Å². The van der Waals surface area contributed by atoms with Gasteiger partial charge in [0.25, 0.3) is 5.95 Å². The van der Waals surface area contributed by atoms with Crippen molar-refractivity contribution in [3.05, 3.63) is 47.2 Å². The molecule has 1 atom stereocenters. The summed E-state index contributed by atoms with van der Waals surface area (Å²) in [5, 5.41) is 18.0. The third-order valence-corrected chi connectivity index (χ3v) is 6.93. The summed E-state index contributed by atoms with van der Waals surface area (Å²) < 4.78 is 1.84. The van der Waals surface area contributed by atoms with Crippen LogP contribution in [0.3, 0.4) is 0 Å². The SMILES string of the molecule is CCN(CC)CCN(CC)C(O)c1cnn(-c2nccc(-c3cccs3)n2)c1C1CC1. The molecule has 1 unspecified atom stereocenters. The zero-order valence-corrected chi connectivity index (χ0v) is 19.4. The van der Waals surface area contributed by atoms with E-state index in [1.165, 1.54) is 0 Å². The van der Waals surface area contributed by atoms with Gasteiger partial charge in [0.1, 0.15) is 6.23 Å². The number of thiophene rings is 1. The number of rotatable bonds is 11. The largest absolute Gasteiger partial charge is 0.374 e. The third-order valence-electron chi connectivity index (χ3n) is 6.03. The summed E-state index contributed by atoms with van der Waals surface area (Å²) in [7, 11) is 0. The minimum absolute atomic E-state index is 0.405. The van der Waals surface area contributed by atoms with Gasteiger partial charge in [-0.1, -0.05) is 26.8 Å². The molecule has 4 rings (SSSR count). The number of aromatic nitrogens is 4. The molecule has 0 spiro atoms. The van der Waals surface area contributed by atoms with Crippen molar-refractivity contribution in [3.63, 3.8) is 0 Å². The predicted molar refractivity (Wildman–Crippen MR) is 124 cm³/mol. The minimum Gasteiger partial charge on any atom is -0.374 e. The molecule has 1 saturated carbocycles.